The van der Waals surface area contributed by atoms with Crippen molar-refractivity contribution in [3.8, 4) is 0 Å². The van der Waals surface area contributed by atoms with Gasteiger partial charge < -0.3 is 5.11 Å². The highest BCUT2D eigenvalue weighted by Crippen LogP contribution is 2.27. The molecule has 1 aliphatic carbocycles. The fourth-order valence-electron chi connectivity index (χ4n) is 1.94. The Balaban J connectivity index is 2.08. The minimum absolute atomic E-state index is 0.281. The summed E-state index contributed by atoms with van der Waals surface area (Å²) in [6.45, 7) is 5.49. The van der Waals surface area contributed by atoms with Crippen molar-refractivity contribution >= 4 is 5.97 Å². The SMILES string of the molecule is C=CCCCCCN(CCC(=O)O)C1CC1. The van der Waals surface area contributed by atoms with E-state index >= 15 is 0 Å². The number of rotatable bonds is 10. The smallest absolute Gasteiger partial charge is 0.304 e. The van der Waals surface area contributed by atoms with Crippen molar-refractivity contribution in [2.24, 2.45) is 0 Å². The maximum atomic E-state index is 10.5. The molecule has 0 atom stereocenters. The summed E-state index contributed by atoms with van der Waals surface area (Å²) in [5, 5.41) is 8.67. The van der Waals surface area contributed by atoms with Gasteiger partial charge in [-0.05, 0) is 38.6 Å². The molecule has 0 spiro atoms. The lowest BCUT2D eigenvalue weighted by atomic mass is 10.2. The van der Waals surface area contributed by atoms with Crippen molar-refractivity contribution in [2.75, 3.05) is 13.1 Å². The van der Waals surface area contributed by atoms with E-state index in [0.717, 1.165) is 19.5 Å². The number of aliphatic carboxylic acids is 1. The Morgan fingerprint density at radius 1 is 1.31 bits per heavy atom. The van der Waals surface area contributed by atoms with Crippen molar-refractivity contribution in [1.82, 2.24) is 4.90 Å². The predicted molar refractivity (Wildman–Crippen MR) is 65.5 cm³/mol. The molecular weight excluding hydrogens is 202 g/mol. The van der Waals surface area contributed by atoms with Gasteiger partial charge in [0.2, 0.25) is 0 Å². The zero-order valence-electron chi connectivity index (χ0n) is 10.0. The van der Waals surface area contributed by atoms with Gasteiger partial charge in [-0.2, -0.15) is 0 Å². The number of unbranched alkanes of at least 4 members (excludes halogenated alkanes) is 3. The van der Waals surface area contributed by atoms with Gasteiger partial charge in [0.05, 0.1) is 6.42 Å². The number of allylic oxidation sites excluding steroid dienone is 1. The standard InChI is InChI=1S/C13H23NO2/c1-2-3-4-5-6-10-14(12-7-8-12)11-9-13(15)16/h2,12H,1,3-11H2,(H,15,16). The largest absolute Gasteiger partial charge is 0.481 e. The van der Waals surface area contributed by atoms with Crippen LogP contribution >= 0.6 is 0 Å². The average molecular weight is 225 g/mol. The van der Waals surface area contributed by atoms with Crippen LogP contribution in [0.4, 0.5) is 0 Å². The van der Waals surface area contributed by atoms with Crippen LogP contribution in [0.1, 0.15) is 44.9 Å². The summed E-state index contributed by atoms with van der Waals surface area (Å²) in [5.41, 5.74) is 0. The Labute approximate surface area is 98.1 Å². The van der Waals surface area contributed by atoms with Crippen LogP contribution in [-0.4, -0.2) is 35.1 Å². The van der Waals surface area contributed by atoms with E-state index < -0.39 is 5.97 Å². The highest BCUT2D eigenvalue weighted by Gasteiger charge is 2.28. The minimum Gasteiger partial charge on any atom is -0.481 e. The van der Waals surface area contributed by atoms with Crippen LogP contribution in [0.2, 0.25) is 0 Å². The molecule has 0 amide bonds. The second-order valence-electron chi connectivity index (χ2n) is 4.55. The van der Waals surface area contributed by atoms with Crippen LogP contribution in [0.25, 0.3) is 0 Å². The summed E-state index contributed by atoms with van der Waals surface area (Å²) >= 11 is 0. The predicted octanol–water partition coefficient (Wildman–Crippen LogP) is 2.67. The molecule has 0 aromatic heterocycles. The zero-order chi connectivity index (χ0) is 11.8. The first-order valence-corrected chi connectivity index (χ1v) is 6.30. The number of carboxylic acids is 1. The molecule has 92 valence electrons. The van der Waals surface area contributed by atoms with Gasteiger partial charge in [-0.25, -0.2) is 0 Å². The number of carbonyl (C=O) groups is 1. The molecule has 3 nitrogen and oxygen atoms in total. The lowest BCUT2D eigenvalue weighted by Gasteiger charge is -2.20. The Hall–Kier alpha value is -0.830. The van der Waals surface area contributed by atoms with Gasteiger partial charge in [-0.3, -0.25) is 9.69 Å². The molecule has 0 unspecified atom stereocenters. The van der Waals surface area contributed by atoms with Crippen LogP contribution in [0, 0.1) is 0 Å². The van der Waals surface area contributed by atoms with E-state index in [4.69, 9.17) is 5.11 Å². The molecule has 1 rings (SSSR count). The maximum Gasteiger partial charge on any atom is 0.304 e. The third kappa shape index (κ3) is 5.91. The maximum absolute atomic E-state index is 10.5. The number of hydrogen-bond acceptors (Lipinski definition) is 2. The van der Waals surface area contributed by atoms with Crippen LogP contribution in [0.5, 0.6) is 0 Å². The third-order valence-electron chi connectivity index (χ3n) is 3.03. The summed E-state index contributed by atoms with van der Waals surface area (Å²) in [4.78, 5) is 12.9. The molecule has 0 aliphatic heterocycles. The van der Waals surface area contributed by atoms with Crippen molar-refractivity contribution in [3.63, 3.8) is 0 Å². The summed E-state index contributed by atoms with van der Waals surface area (Å²) < 4.78 is 0. The molecule has 0 bridgehead atoms. The molecule has 1 aliphatic rings. The quantitative estimate of drug-likeness (QED) is 0.459. The zero-order valence-corrected chi connectivity index (χ0v) is 10.0. The summed E-state index contributed by atoms with van der Waals surface area (Å²) in [6.07, 6.45) is 9.47. The molecule has 1 saturated carbocycles. The van der Waals surface area contributed by atoms with Gasteiger partial charge in [0.25, 0.3) is 0 Å². The summed E-state index contributed by atoms with van der Waals surface area (Å²) in [6, 6.07) is 0.679. The van der Waals surface area contributed by atoms with Gasteiger partial charge >= 0.3 is 5.97 Å². The topological polar surface area (TPSA) is 40.5 Å². The third-order valence-corrected chi connectivity index (χ3v) is 3.03. The highest BCUT2D eigenvalue weighted by atomic mass is 16.4. The lowest BCUT2D eigenvalue weighted by molar-refractivity contribution is -0.137. The molecule has 3 heteroatoms. The van der Waals surface area contributed by atoms with Crippen molar-refractivity contribution < 1.29 is 9.90 Å². The molecule has 0 heterocycles. The van der Waals surface area contributed by atoms with Crippen LogP contribution in [0.3, 0.4) is 0 Å². The van der Waals surface area contributed by atoms with Gasteiger partial charge in [0.1, 0.15) is 0 Å². The molecule has 1 fully saturated rings. The van der Waals surface area contributed by atoms with Crippen LogP contribution in [0.15, 0.2) is 12.7 Å². The molecule has 0 radical (unpaired) electrons. The summed E-state index contributed by atoms with van der Waals surface area (Å²) in [5.74, 6) is -0.683. The number of hydrogen-bond donors (Lipinski definition) is 1. The lowest BCUT2D eigenvalue weighted by Crippen LogP contribution is -2.29. The Kier molecular flexibility index (Phi) is 6.16. The van der Waals surface area contributed by atoms with Crippen LogP contribution < -0.4 is 0 Å². The van der Waals surface area contributed by atoms with E-state index in [1.807, 2.05) is 6.08 Å². The van der Waals surface area contributed by atoms with E-state index in [1.165, 1.54) is 32.1 Å². The van der Waals surface area contributed by atoms with Gasteiger partial charge in [0.15, 0.2) is 0 Å². The Morgan fingerprint density at radius 3 is 2.62 bits per heavy atom. The van der Waals surface area contributed by atoms with E-state index in [9.17, 15) is 4.79 Å². The monoisotopic (exact) mass is 225 g/mol. The van der Waals surface area contributed by atoms with Gasteiger partial charge in [-0.15, -0.1) is 6.58 Å². The highest BCUT2D eigenvalue weighted by molar-refractivity contribution is 5.66. The van der Waals surface area contributed by atoms with E-state index in [-0.39, 0.29) is 6.42 Å². The first kappa shape index (κ1) is 13.2. The molecular formula is C13H23NO2. The molecule has 0 saturated heterocycles. The molecule has 0 aromatic carbocycles. The van der Waals surface area contributed by atoms with Crippen molar-refractivity contribution in [1.29, 1.82) is 0 Å². The first-order valence-electron chi connectivity index (χ1n) is 6.30. The first-order chi connectivity index (χ1) is 7.74. The Morgan fingerprint density at radius 2 is 2.06 bits per heavy atom. The number of nitrogens with zero attached hydrogens (tertiary/aromatic N) is 1. The average Bonchev–Trinajstić information content (AvgIpc) is 3.05. The molecule has 16 heavy (non-hydrogen) atoms. The molecule has 1 N–H and O–H groups in total. The van der Waals surface area contributed by atoms with E-state index in [1.54, 1.807) is 0 Å². The van der Waals surface area contributed by atoms with Crippen molar-refractivity contribution in [2.45, 2.75) is 51.0 Å². The van der Waals surface area contributed by atoms with Gasteiger partial charge in [-0.1, -0.05) is 12.5 Å². The van der Waals surface area contributed by atoms with E-state index in [0.29, 0.717) is 6.04 Å². The second kappa shape index (κ2) is 7.44. The van der Waals surface area contributed by atoms with Gasteiger partial charge in [0, 0.05) is 12.6 Å². The fraction of sp³-hybridized carbons (Fsp3) is 0.769. The minimum atomic E-state index is -0.683. The fourth-order valence-corrected chi connectivity index (χ4v) is 1.94. The van der Waals surface area contributed by atoms with E-state index in [2.05, 4.69) is 11.5 Å². The second-order valence-corrected chi connectivity index (χ2v) is 4.55. The van der Waals surface area contributed by atoms with Crippen molar-refractivity contribution in [3.05, 3.63) is 12.7 Å². The number of carboxylic acid groups (broad SMARTS) is 1. The Bertz CT molecular complexity index is 224. The normalized spacial score (nSPS) is 15.3. The van der Waals surface area contributed by atoms with Crippen LogP contribution in [-0.2, 0) is 4.79 Å². The molecule has 0 aromatic rings. The summed E-state index contributed by atoms with van der Waals surface area (Å²) in [7, 11) is 0.